The highest BCUT2D eigenvalue weighted by Crippen LogP contribution is 2.26. The van der Waals surface area contributed by atoms with Gasteiger partial charge in [-0.05, 0) is 25.1 Å². The van der Waals surface area contributed by atoms with Gasteiger partial charge in [0.05, 0.1) is 20.7 Å². The van der Waals surface area contributed by atoms with Crippen LogP contribution < -0.4 is 0 Å². The standard InChI is InChI=1S/C13H9Cl2NO3S/c1-8-12(15)11(7-10(14)13(8)17)16-20(18,19)9-5-3-2-4-6-9/h2-7H,1H3/b16-11-. The average molecular weight is 330 g/mol. The topological polar surface area (TPSA) is 63.6 Å². The molecule has 1 aromatic rings. The lowest BCUT2D eigenvalue weighted by atomic mass is 10.0. The monoisotopic (exact) mass is 329 g/mol. The van der Waals surface area contributed by atoms with E-state index in [9.17, 15) is 13.2 Å². The van der Waals surface area contributed by atoms with Crippen LogP contribution in [0.3, 0.4) is 0 Å². The normalized spacial score (nSPS) is 18.4. The van der Waals surface area contributed by atoms with Gasteiger partial charge in [0.2, 0.25) is 5.78 Å². The second kappa shape index (κ2) is 5.52. The Labute approximate surface area is 126 Å². The van der Waals surface area contributed by atoms with E-state index in [2.05, 4.69) is 4.40 Å². The number of rotatable bonds is 2. The summed E-state index contributed by atoms with van der Waals surface area (Å²) < 4.78 is 27.9. The van der Waals surface area contributed by atoms with E-state index in [0.29, 0.717) is 0 Å². The first kappa shape index (κ1) is 15.0. The van der Waals surface area contributed by atoms with Crippen LogP contribution in [0.15, 0.2) is 61.3 Å². The summed E-state index contributed by atoms with van der Waals surface area (Å²) in [6.45, 7) is 1.46. The van der Waals surface area contributed by atoms with Gasteiger partial charge in [-0.25, -0.2) is 0 Å². The number of halogens is 2. The molecule has 1 aromatic carbocycles. The summed E-state index contributed by atoms with van der Waals surface area (Å²) in [4.78, 5) is 11.6. The number of allylic oxidation sites excluding steroid dienone is 4. The minimum atomic E-state index is -3.90. The van der Waals surface area contributed by atoms with E-state index in [1.807, 2.05) is 0 Å². The quantitative estimate of drug-likeness (QED) is 0.783. The number of ketones is 1. The summed E-state index contributed by atoms with van der Waals surface area (Å²) in [6.07, 6.45) is 1.15. The number of sulfonamides is 1. The fraction of sp³-hybridized carbons (Fsp3) is 0.0769. The van der Waals surface area contributed by atoms with Crippen molar-refractivity contribution in [2.24, 2.45) is 4.40 Å². The van der Waals surface area contributed by atoms with Crippen molar-refractivity contribution in [1.82, 2.24) is 0 Å². The Morgan fingerprint density at radius 1 is 1.10 bits per heavy atom. The largest absolute Gasteiger partial charge is 0.288 e. The fourth-order valence-corrected chi connectivity index (χ4v) is 3.05. The number of benzene rings is 1. The molecule has 0 atom stereocenters. The Kier molecular flexibility index (Phi) is 4.13. The van der Waals surface area contributed by atoms with Gasteiger partial charge >= 0.3 is 0 Å². The van der Waals surface area contributed by atoms with Gasteiger partial charge in [0.1, 0.15) is 0 Å². The third-order valence-corrected chi connectivity index (χ3v) is 4.70. The minimum absolute atomic E-state index is 0.0149. The van der Waals surface area contributed by atoms with E-state index in [1.165, 1.54) is 19.1 Å². The van der Waals surface area contributed by atoms with Crippen molar-refractivity contribution < 1.29 is 13.2 Å². The van der Waals surface area contributed by atoms with Gasteiger partial charge in [-0.15, -0.1) is 0 Å². The van der Waals surface area contributed by atoms with Crippen LogP contribution in [0.2, 0.25) is 0 Å². The Balaban J connectivity index is 2.54. The van der Waals surface area contributed by atoms with Gasteiger partial charge in [0.25, 0.3) is 10.0 Å². The molecule has 0 radical (unpaired) electrons. The molecule has 2 rings (SSSR count). The molecule has 0 spiro atoms. The lowest BCUT2D eigenvalue weighted by molar-refractivity contribution is -0.111. The van der Waals surface area contributed by atoms with Crippen molar-refractivity contribution in [3.05, 3.63) is 52.0 Å². The zero-order valence-electron chi connectivity index (χ0n) is 10.3. The highest BCUT2D eigenvalue weighted by Gasteiger charge is 2.24. The summed E-state index contributed by atoms with van der Waals surface area (Å²) in [5.41, 5.74) is 0.124. The van der Waals surface area contributed by atoms with Crippen molar-refractivity contribution in [2.75, 3.05) is 0 Å². The van der Waals surface area contributed by atoms with Gasteiger partial charge in [-0.3, -0.25) is 4.79 Å². The molecule has 0 saturated carbocycles. The number of Topliss-reactive ketones (excluding diaryl/α,β-unsaturated/α-hetero) is 1. The van der Waals surface area contributed by atoms with Crippen LogP contribution in [-0.4, -0.2) is 19.9 Å². The van der Waals surface area contributed by atoms with E-state index in [-0.39, 0.29) is 26.2 Å². The number of carbonyl (C=O) groups excluding carboxylic acids is 1. The highest BCUT2D eigenvalue weighted by molar-refractivity contribution is 7.90. The molecule has 1 aliphatic rings. The molecule has 0 amide bonds. The van der Waals surface area contributed by atoms with E-state index in [0.717, 1.165) is 6.08 Å². The second-order valence-corrected chi connectivity index (χ2v) is 6.41. The molecule has 0 fully saturated rings. The SMILES string of the molecule is CC1=C(Cl)/C(=N\S(=O)(=O)c2ccccc2)C=C(Cl)C1=O. The maximum absolute atomic E-state index is 12.1. The molecule has 0 bridgehead atoms. The predicted octanol–water partition coefficient (Wildman–Crippen LogP) is 3.03. The molecule has 1 aliphatic carbocycles. The molecule has 0 saturated heterocycles. The molecule has 0 aliphatic heterocycles. The molecule has 0 N–H and O–H groups in total. The molecule has 104 valence electrons. The average Bonchev–Trinajstić information content (AvgIpc) is 2.43. The molecule has 0 heterocycles. The number of hydrogen-bond acceptors (Lipinski definition) is 3. The molecule has 0 aromatic heterocycles. The number of hydrogen-bond donors (Lipinski definition) is 0. The van der Waals surface area contributed by atoms with Gasteiger partial charge in [-0.1, -0.05) is 41.4 Å². The Morgan fingerprint density at radius 3 is 2.30 bits per heavy atom. The Morgan fingerprint density at radius 2 is 1.70 bits per heavy atom. The van der Waals surface area contributed by atoms with Crippen LogP contribution >= 0.6 is 23.2 Å². The third-order valence-electron chi connectivity index (χ3n) is 2.63. The molecular formula is C13H9Cl2NO3S. The van der Waals surface area contributed by atoms with E-state index in [4.69, 9.17) is 23.2 Å². The van der Waals surface area contributed by atoms with Crippen LogP contribution in [0.5, 0.6) is 0 Å². The first-order chi connectivity index (χ1) is 9.33. The fourth-order valence-electron chi connectivity index (χ4n) is 1.56. The Bertz CT molecular complexity index is 762. The van der Waals surface area contributed by atoms with E-state index >= 15 is 0 Å². The van der Waals surface area contributed by atoms with Crippen molar-refractivity contribution in [3.8, 4) is 0 Å². The lowest BCUT2D eigenvalue weighted by Gasteiger charge is -2.11. The van der Waals surface area contributed by atoms with Crippen LogP contribution in [0.25, 0.3) is 0 Å². The van der Waals surface area contributed by atoms with Gasteiger partial charge in [0.15, 0.2) is 0 Å². The maximum Gasteiger partial charge on any atom is 0.282 e. The van der Waals surface area contributed by atoms with E-state index in [1.54, 1.807) is 18.2 Å². The molecule has 7 heteroatoms. The van der Waals surface area contributed by atoms with Crippen LogP contribution in [-0.2, 0) is 14.8 Å². The number of nitrogens with zero attached hydrogens (tertiary/aromatic N) is 1. The van der Waals surface area contributed by atoms with Crippen LogP contribution in [0.4, 0.5) is 0 Å². The van der Waals surface area contributed by atoms with E-state index < -0.39 is 15.8 Å². The first-order valence-corrected chi connectivity index (χ1v) is 7.71. The van der Waals surface area contributed by atoms with Crippen molar-refractivity contribution in [1.29, 1.82) is 0 Å². The van der Waals surface area contributed by atoms with Crippen LogP contribution in [0, 0.1) is 0 Å². The minimum Gasteiger partial charge on any atom is -0.288 e. The van der Waals surface area contributed by atoms with Gasteiger partial charge < -0.3 is 0 Å². The lowest BCUT2D eigenvalue weighted by Crippen LogP contribution is -2.14. The van der Waals surface area contributed by atoms with Crippen LogP contribution in [0.1, 0.15) is 6.92 Å². The summed E-state index contributed by atoms with van der Waals surface area (Å²) in [7, 11) is -3.90. The summed E-state index contributed by atoms with van der Waals surface area (Å²) in [5, 5.41) is -0.132. The smallest absolute Gasteiger partial charge is 0.282 e. The number of carbonyl (C=O) groups is 1. The zero-order chi connectivity index (χ0) is 14.9. The molecule has 20 heavy (non-hydrogen) atoms. The maximum atomic E-state index is 12.1. The zero-order valence-corrected chi connectivity index (χ0v) is 12.6. The highest BCUT2D eigenvalue weighted by atomic mass is 35.5. The van der Waals surface area contributed by atoms with Gasteiger partial charge in [-0.2, -0.15) is 12.8 Å². The predicted molar refractivity (Wildman–Crippen MR) is 78.6 cm³/mol. The summed E-state index contributed by atoms with van der Waals surface area (Å²) in [5.74, 6) is -0.437. The molecule has 4 nitrogen and oxygen atoms in total. The van der Waals surface area contributed by atoms with Gasteiger partial charge in [0, 0.05) is 5.57 Å². The molecular weight excluding hydrogens is 321 g/mol. The molecule has 0 unspecified atom stereocenters. The second-order valence-electron chi connectivity index (χ2n) is 4.03. The van der Waals surface area contributed by atoms with Crippen molar-refractivity contribution >= 4 is 44.7 Å². The summed E-state index contributed by atoms with van der Waals surface area (Å²) >= 11 is 11.7. The summed E-state index contributed by atoms with van der Waals surface area (Å²) in [6, 6.07) is 7.71. The third kappa shape index (κ3) is 2.85. The first-order valence-electron chi connectivity index (χ1n) is 5.51. The van der Waals surface area contributed by atoms with Crippen molar-refractivity contribution in [2.45, 2.75) is 11.8 Å². The van der Waals surface area contributed by atoms with Crippen molar-refractivity contribution in [3.63, 3.8) is 0 Å². The Hall–Kier alpha value is -1.43.